The molecule has 0 unspecified atom stereocenters. The number of rotatable bonds is 5. The van der Waals surface area contributed by atoms with Crippen LogP contribution in [0, 0.1) is 5.82 Å². The first kappa shape index (κ1) is 20.9. The molecule has 7 nitrogen and oxygen atoms in total. The maximum Gasteiger partial charge on any atom is 0.284 e. The number of aromatic hydroxyl groups is 1. The molecule has 1 N–H and O–H groups in total. The monoisotopic (exact) mass is 436 g/mol. The Kier molecular flexibility index (Phi) is 5.94. The van der Waals surface area contributed by atoms with Crippen molar-refractivity contribution in [3.63, 3.8) is 0 Å². The summed E-state index contributed by atoms with van der Waals surface area (Å²) in [6.07, 6.45) is 1.56. The first-order valence-corrected chi connectivity index (χ1v) is 10.7. The predicted molar refractivity (Wildman–Crippen MR) is 109 cm³/mol. The fraction of sp³-hybridized carbons (Fsp3) is 0.158. The number of hydrogen-bond donors (Lipinski definition) is 1. The van der Waals surface area contributed by atoms with Gasteiger partial charge in [0.15, 0.2) is 16.7 Å². The van der Waals surface area contributed by atoms with Crippen molar-refractivity contribution in [1.29, 1.82) is 0 Å². The number of carbonyl (C=O) groups is 1. The van der Waals surface area contributed by atoms with Gasteiger partial charge in [0.05, 0.1) is 16.9 Å². The van der Waals surface area contributed by atoms with Gasteiger partial charge in [-0.25, -0.2) is 4.39 Å². The minimum absolute atomic E-state index is 0.0128. The van der Waals surface area contributed by atoms with E-state index in [-0.39, 0.29) is 33.0 Å². The van der Waals surface area contributed by atoms with Crippen LogP contribution in [-0.4, -0.2) is 43.2 Å². The van der Waals surface area contributed by atoms with Gasteiger partial charge < -0.3 is 9.84 Å². The van der Waals surface area contributed by atoms with Crippen LogP contribution < -0.4 is 4.74 Å². The highest BCUT2D eigenvalue weighted by molar-refractivity contribution is 8.19. The fourth-order valence-corrected chi connectivity index (χ4v) is 4.80. The number of carbonyl (C=O) groups excluding carboxylic acids is 1. The van der Waals surface area contributed by atoms with Gasteiger partial charge in [0, 0.05) is 6.54 Å². The second kappa shape index (κ2) is 8.26. The molecular weight excluding hydrogens is 419 g/mol. The van der Waals surface area contributed by atoms with Gasteiger partial charge in [0.25, 0.3) is 15.9 Å². The smallest absolute Gasteiger partial charge is 0.284 e. The molecule has 1 heterocycles. The summed E-state index contributed by atoms with van der Waals surface area (Å²) in [6, 6.07) is 8.87. The fourth-order valence-electron chi connectivity index (χ4n) is 2.55. The number of benzene rings is 2. The lowest BCUT2D eigenvalue weighted by atomic mass is 10.2. The molecule has 2 aromatic rings. The van der Waals surface area contributed by atoms with Crippen LogP contribution in [0.4, 0.5) is 4.39 Å². The van der Waals surface area contributed by atoms with Crippen molar-refractivity contribution in [2.75, 3.05) is 13.7 Å². The molecule has 0 bridgehead atoms. The number of methoxy groups -OCH3 is 1. The molecule has 1 aliphatic heterocycles. The lowest BCUT2D eigenvalue weighted by Gasteiger charge is -2.11. The van der Waals surface area contributed by atoms with Gasteiger partial charge in [-0.05, 0) is 66.7 Å². The van der Waals surface area contributed by atoms with E-state index >= 15 is 0 Å². The third kappa shape index (κ3) is 4.43. The number of phenols is 1. The van der Waals surface area contributed by atoms with E-state index < -0.39 is 21.7 Å². The summed E-state index contributed by atoms with van der Waals surface area (Å²) < 4.78 is 47.0. The number of thioether (sulfide) groups is 1. The average Bonchev–Trinajstić information content (AvgIpc) is 2.97. The van der Waals surface area contributed by atoms with E-state index in [1.807, 2.05) is 0 Å². The SMILES string of the molecule is CCN1C(=O)C(=Cc2ccc(O)c(OC)c2)SC1=NS(=O)(=O)c1ccc(F)cc1. The molecule has 0 aliphatic carbocycles. The van der Waals surface area contributed by atoms with Crippen molar-refractivity contribution >= 4 is 38.9 Å². The summed E-state index contributed by atoms with van der Waals surface area (Å²) in [5.74, 6) is -0.748. The molecule has 152 valence electrons. The largest absolute Gasteiger partial charge is 0.504 e. The predicted octanol–water partition coefficient (Wildman–Crippen LogP) is 3.22. The summed E-state index contributed by atoms with van der Waals surface area (Å²) in [7, 11) is -2.71. The van der Waals surface area contributed by atoms with Crippen molar-refractivity contribution < 1.29 is 27.4 Å². The maximum absolute atomic E-state index is 13.1. The Labute approximate surface area is 171 Å². The summed E-state index contributed by atoms with van der Waals surface area (Å²) >= 11 is 0.920. The van der Waals surface area contributed by atoms with E-state index in [0.29, 0.717) is 5.56 Å². The molecule has 10 heteroatoms. The van der Waals surface area contributed by atoms with E-state index in [1.54, 1.807) is 25.1 Å². The number of phenolic OH excluding ortho intramolecular Hbond substituents is 1. The Morgan fingerprint density at radius 2 is 1.93 bits per heavy atom. The van der Waals surface area contributed by atoms with Crippen molar-refractivity contribution in [3.8, 4) is 11.5 Å². The van der Waals surface area contributed by atoms with Crippen LogP contribution >= 0.6 is 11.8 Å². The normalized spacial score (nSPS) is 17.3. The maximum atomic E-state index is 13.1. The first-order chi connectivity index (χ1) is 13.7. The number of halogens is 1. The van der Waals surface area contributed by atoms with Crippen LogP contribution in [0.5, 0.6) is 11.5 Å². The molecule has 0 aromatic heterocycles. The zero-order chi connectivity index (χ0) is 21.2. The topological polar surface area (TPSA) is 96.3 Å². The third-order valence-corrected chi connectivity index (χ3v) is 6.42. The molecule has 29 heavy (non-hydrogen) atoms. The minimum Gasteiger partial charge on any atom is -0.504 e. The van der Waals surface area contributed by atoms with Gasteiger partial charge in [0.1, 0.15) is 5.82 Å². The average molecular weight is 436 g/mol. The molecule has 2 aromatic carbocycles. The van der Waals surface area contributed by atoms with Gasteiger partial charge in [-0.15, -0.1) is 4.40 Å². The summed E-state index contributed by atoms with van der Waals surface area (Å²) in [5.41, 5.74) is 0.592. The first-order valence-electron chi connectivity index (χ1n) is 8.44. The highest BCUT2D eigenvalue weighted by Crippen LogP contribution is 2.35. The Balaban J connectivity index is 1.96. The van der Waals surface area contributed by atoms with E-state index in [0.717, 1.165) is 36.0 Å². The molecule has 1 saturated heterocycles. The Hall–Kier alpha value is -2.85. The molecule has 1 aliphatic rings. The van der Waals surface area contributed by atoms with Crippen LogP contribution in [0.3, 0.4) is 0 Å². The summed E-state index contributed by atoms with van der Waals surface area (Å²) in [5, 5.41) is 9.70. The molecule has 3 rings (SSSR count). The molecular formula is C19H17FN2O5S2. The molecule has 1 fully saturated rings. The van der Waals surface area contributed by atoms with Crippen LogP contribution in [0.2, 0.25) is 0 Å². The Bertz CT molecular complexity index is 1110. The highest BCUT2D eigenvalue weighted by atomic mass is 32.2. The van der Waals surface area contributed by atoms with Gasteiger partial charge in [-0.3, -0.25) is 9.69 Å². The zero-order valence-electron chi connectivity index (χ0n) is 15.5. The molecule has 0 saturated carbocycles. The number of likely N-dealkylation sites (N-methyl/N-ethyl adjacent to an activating group) is 1. The standard InChI is InChI=1S/C19H17FN2O5S2/c1-3-22-18(24)17(11-12-4-9-15(23)16(10-12)27-2)28-19(22)21-29(25,26)14-7-5-13(20)6-8-14/h4-11,23H,3H2,1-2H3. The Morgan fingerprint density at radius 3 is 2.55 bits per heavy atom. The van der Waals surface area contributed by atoms with Crippen molar-refractivity contribution in [2.45, 2.75) is 11.8 Å². The number of amidine groups is 1. The van der Waals surface area contributed by atoms with Crippen molar-refractivity contribution in [1.82, 2.24) is 4.90 Å². The summed E-state index contributed by atoms with van der Waals surface area (Å²) in [4.78, 5) is 14.0. The van der Waals surface area contributed by atoms with Crippen LogP contribution in [0.15, 0.2) is 56.7 Å². The quantitative estimate of drug-likeness (QED) is 0.723. The summed E-state index contributed by atoms with van der Waals surface area (Å²) in [6.45, 7) is 1.92. The lowest BCUT2D eigenvalue weighted by molar-refractivity contribution is -0.122. The van der Waals surface area contributed by atoms with E-state index in [9.17, 15) is 22.7 Å². The van der Waals surface area contributed by atoms with Crippen LogP contribution in [0.1, 0.15) is 12.5 Å². The van der Waals surface area contributed by atoms with Crippen molar-refractivity contribution in [2.24, 2.45) is 4.40 Å². The van der Waals surface area contributed by atoms with Gasteiger partial charge >= 0.3 is 0 Å². The highest BCUT2D eigenvalue weighted by Gasteiger charge is 2.34. The molecule has 0 radical (unpaired) electrons. The zero-order valence-corrected chi connectivity index (χ0v) is 17.1. The van der Waals surface area contributed by atoms with Crippen LogP contribution in [0.25, 0.3) is 6.08 Å². The number of ether oxygens (including phenoxy) is 1. The second-order valence-corrected chi connectivity index (χ2v) is 8.51. The lowest BCUT2D eigenvalue weighted by Crippen LogP contribution is -2.29. The van der Waals surface area contributed by atoms with Crippen LogP contribution in [-0.2, 0) is 14.8 Å². The second-order valence-electron chi connectivity index (χ2n) is 5.89. The molecule has 1 amide bonds. The molecule has 0 atom stereocenters. The van der Waals surface area contributed by atoms with E-state index in [4.69, 9.17) is 4.74 Å². The van der Waals surface area contributed by atoms with Gasteiger partial charge in [0.2, 0.25) is 0 Å². The van der Waals surface area contributed by atoms with Crippen molar-refractivity contribution in [3.05, 3.63) is 58.8 Å². The number of amides is 1. The number of nitrogens with zero attached hydrogens (tertiary/aromatic N) is 2. The number of hydrogen-bond acceptors (Lipinski definition) is 6. The van der Waals surface area contributed by atoms with E-state index in [1.165, 1.54) is 18.1 Å². The third-order valence-electron chi connectivity index (χ3n) is 4.02. The molecule has 0 spiro atoms. The van der Waals surface area contributed by atoms with Gasteiger partial charge in [-0.2, -0.15) is 8.42 Å². The van der Waals surface area contributed by atoms with Gasteiger partial charge in [-0.1, -0.05) is 6.07 Å². The Morgan fingerprint density at radius 1 is 1.24 bits per heavy atom. The van der Waals surface area contributed by atoms with E-state index in [2.05, 4.69) is 4.40 Å². The minimum atomic E-state index is -4.11. The number of sulfonamides is 1.